The van der Waals surface area contributed by atoms with E-state index >= 15 is 0 Å². The van der Waals surface area contributed by atoms with Gasteiger partial charge in [0.05, 0.1) is 12.2 Å². The Bertz CT molecular complexity index is 680. The molecular weight excluding hydrogens is 297 g/mol. The first-order valence-corrected chi connectivity index (χ1v) is 6.39. The molecule has 0 atom stereocenters. The fourth-order valence-electron chi connectivity index (χ4n) is 1.83. The number of aromatic nitrogens is 3. The summed E-state index contributed by atoms with van der Waals surface area (Å²) in [5, 5.41) is 2.49. The predicted octanol–water partition coefficient (Wildman–Crippen LogP) is 2.44. The van der Waals surface area contributed by atoms with E-state index in [1.54, 1.807) is 13.8 Å². The van der Waals surface area contributed by atoms with Gasteiger partial charge >= 0.3 is 6.18 Å². The summed E-state index contributed by atoms with van der Waals surface area (Å²) in [6.45, 7) is 3.25. The molecule has 2 rings (SSSR count). The zero-order valence-corrected chi connectivity index (χ0v) is 11.9. The minimum atomic E-state index is -4.51. The summed E-state index contributed by atoms with van der Waals surface area (Å²) in [4.78, 5) is 23.4. The molecule has 2 aromatic rings. The van der Waals surface area contributed by atoms with E-state index in [1.165, 1.54) is 18.2 Å². The molecule has 0 saturated carbocycles. The van der Waals surface area contributed by atoms with Gasteiger partial charge in [0.15, 0.2) is 0 Å². The minimum Gasteiger partial charge on any atom is -0.345 e. The van der Waals surface area contributed by atoms with Gasteiger partial charge in [0.25, 0.3) is 5.91 Å². The van der Waals surface area contributed by atoms with Gasteiger partial charge in [-0.15, -0.1) is 0 Å². The van der Waals surface area contributed by atoms with E-state index in [0.29, 0.717) is 11.5 Å². The van der Waals surface area contributed by atoms with Crippen molar-refractivity contribution in [1.82, 2.24) is 20.3 Å². The molecule has 0 aliphatic rings. The number of rotatable bonds is 3. The van der Waals surface area contributed by atoms with E-state index in [0.717, 1.165) is 6.07 Å². The molecule has 2 aromatic heterocycles. The number of nitrogens with zero attached hydrogens (tertiary/aromatic N) is 3. The number of aryl methyl sites for hydroxylation is 2. The number of halogens is 3. The first-order valence-electron chi connectivity index (χ1n) is 6.39. The normalized spacial score (nSPS) is 11.3. The standard InChI is InChI=1S/C14H13F3N4O/c1-8-6-11(20-9(2)19-8)13(22)18-7-10-4-3-5-12(21-10)14(15,16)17/h3-6H,7H2,1-2H3,(H,18,22). The third-order valence-corrected chi connectivity index (χ3v) is 2.73. The Morgan fingerprint density at radius 1 is 1.18 bits per heavy atom. The maximum atomic E-state index is 12.6. The smallest absolute Gasteiger partial charge is 0.345 e. The maximum absolute atomic E-state index is 12.6. The fourth-order valence-corrected chi connectivity index (χ4v) is 1.83. The second-order valence-corrected chi connectivity index (χ2v) is 4.64. The van der Waals surface area contributed by atoms with E-state index in [9.17, 15) is 18.0 Å². The first-order chi connectivity index (χ1) is 10.3. The Kier molecular flexibility index (Phi) is 4.39. The Balaban J connectivity index is 2.08. The fraction of sp³-hybridized carbons (Fsp3) is 0.286. The molecule has 22 heavy (non-hydrogen) atoms. The van der Waals surface area contributed by atoms with E-state index in [-0.39, 0.29) is 17.9 Å². The van der Waals surface area contributed by atoms with Crippen LogP contribution in [0.2, 0.25) is 0 Å². The summed E-state index contributed by atoms with van der Waals surface area (Å²) < 4.78 is 37.7. The van der Waals surface area contributed by atoms with Gasteiger partial charge in [0.2, 0.25) is 0 Å². The van der Waals surface area contributed by atoms with Crippen LogP contribution in [0.4, 0.5) is 13.2 Å². The number of pyridine rings is 1. The van der Waals surface area contributed by atoms with Crippen molar-refractivity contribution >= 4 is 5.91 Å². The van der Waals surface area contributed by atoms with Crippen LogP contribution in [0.5, 0.6) is 0 Å². The van der Waals surface area contributed by atoms with E-state index in [4.69, 9.17) is 0 Å². The summed E-state index contributed by atoms with van der Waals surface area (Å²) in [6, 6.07) is 5.03. The van der Waals surface area contributed by atoms with Crippen molar-refractivity contribution in [3.05, 3.63) is 52.9 Å². The summed E-state index contributed by atoms with van der Waals surface area (Å²) >= 11 is 0. The molecule has 1 N–H and O–H groups in total. The minimum absolute atomic E-state index is 0.116. The third-order valence-electron chi connectivity index (χ3n) is 2.73. The van der Waals surface area contributed by atoms with Crippen molar-refractivity contribution in [3.63, 3.8) is 0 Å². The van der Waals surface area contributed by atoms with Crippen molar-refractivity contribution in [3.8, 4) is 0 Å². The van der Waals surface area contributed by atoms with Gasteiger partial charge < -0.3 is 5.32 Å². The van der Waals surface area contributed by atoms with E-state index in [1.807, 2.05) is 0 Å². The maximum Gasteiger partial charge on any atom is 0.433 e. The molecule has 0 fully saturated rings. The van der Waals surface area contributed by atoms with Crippen LogP contribution >= 0.6 is 0 Å². The summed E-state index contributed by atoms with van der Waals surface area (Å²) in [5.41, 5.74) is -0.0783. The van der Waals surface area contributed by atoms with E-state index < -0.39 is 17.8 Å². The highest BCUT2D eigenvalue weighted by atomic mass is 19.4. The zero-order valence-electron chi connectivity index (χ0n) is 11.9. The molecule has 0 aliphatic heterocycles. The first kappa shape index (κ1) is 15.9. The molecule has 5 nitrogen and oxygen atoms in total. The number of amides is 1. The molecule has 0 aliphatic carbocycles. The topological polar surface area (TPSA) is 67.8 Å². The molecule has 2 heterocycles. The predicted molar refractivity (Wildman–Crippen MR) is 71.9 cm³/mol. The summed E-state index contributed by atoms with van der Waals surface area (Å²) in [7, 11) is 0. The Morgan fingerprint density at radius 3 is 2.55 bits per heavy atom. The number of alkyl halides is 3. The Morgan fingerprint density at radius 2 is 1.91 bits per heavy atom. The average molecular weight is 310 g/mol. The van der Waals surface area contributed by atoms with Crippen LogP contribution in [0.25, 0.3) is 0 Å². The Labute approximate surface area is 124 Å². The van der Waals surface area contributed by atoms with Gasteiger partial charge in [-0.05, 0) is 32.0 Å². The molecular formula is C14H13F3N4O. The monoisotopic (exact) mass is 310 g/mol. The van der Waals surface area contributed by atoms with Crippen LogP contribution in [-0.2, 0) is 12.7 Å². The van der Waals surface area contributed by atoms with Gasteiger partial charge in [-0.3, -0.25) is 4.79 Å². The molecule has 8 heteroatoms. The molecule has 0 unspecified atom stereocenters. The largest absolute Gasteiger partial charge is 0.433 e. The highest BCUT2D eigenvalue weighted by Crippen LogP contribution is 2.27. The number of hydrogen-bond donors (Lipinski definition) is 1. The van der Waals surface area contributed by atoms with Crippen LogP contribution in [0.1, 0.15) is 33.4 Å². The number of carbonyl (C=O) groups is 1. The second-order valence-electron chi connectivity index (χ2n) is 4.64. The van der Waals surface area contributed by atoms with Crippen LogP contribution in [-0.4, -0.2) is 20.9 Å². The molecule has 0 spiro atoms. The highest BCUT2D eigenvalue weighted by Gasteiger charge is 2.32. The van der Waals surface area contributed by atoms with Gasteiger partial charge in [-0.25, -0.2) is 15.0 Å². The number of carbonyl (C=O) groups excluding carboxylic acids is 1. The molecule has 0 saturated heterocycles. The number of hydrogen-bond acceptors (Lipinski definition) is 4. The lowest BCUT2D eigenvalue weighted by Gasteiger charge is -2.09. The molecule has 1 amide bonds. The lowest BCUT2D eigenvalue weighted by atomic mass is 10.2. The van der Waals surface area contributed by atoms with Crippen molar-refractivity contribution in [2.45, 2.75) is 26.6 Å². The summed E-state index contributed by atoms with van der Waals surface area (Å²) in [5.74, 6) is -0.0462. The van der Waals surface area contributed by atoms with Gasteiger partial charge in [0.1, 0.15) is 17.2 Å². The Hall–Kier alpha value is -2.51. The zero-order chi connectivity index (χ0) is 16.3. The second kappa shape index (κ2) is 6.08. The number of nitrogens with one attached hydrogen (secondary N) is 1. The van der Waals surface area contributed by atoms with Gasteiger partial charge in [-0.2, -0.15) is 13.2 Å². The van der Waals surface area contributed by atoms with Gasteiger partial charge in [0, 0.05) is 5.69 Å². The highest BCUT2D eigenvalue weighted by molar-refractivity contribution is 5.92. The SMILES string of the molecule is Cc1cc(C(=O)NCc2cccc(C(F)(F)F)n2)nc(C)n1. The third kappa shape index (κ3) is 4.00. The van der Waals surface area contributed by atoms with Crippen LogP contribution < -0.4 is 5.32 Å². The van der Waals surface area contributed by atoms with Crippen molar-refractivity contribution in [2.75, 3.05) is 0 Å². The molecule has 0 bridgehead atoms. The quantitative estimate of drug-likeness (QED) is 0.945. The molecule has 116 valence electrons. The molecule has 0 radical (unpaired) electrons. The van der Waals surface area contributed by atoms with Crippen molar-refractivity contribution in [1.29, 1.82) is 0 Å². The lowest BCUT2D eigenvalue weighted by Crippen LogP contribution is -2.25. The van der Waals surface area contributed by atoms with Crippen LogP contribution in [0.3, 0.4) is 0 Å². The van der Waals surface area contributed by atoms with Crippen LogP contribution in [0.15, 0.2) is 24.3 Å². The van der Waals surface area contributed by atoms with Crippen molar-refractivity contribution < 1.29 is 18.0 Å². The van der Waals surface area contributed by atoms with Crippen LogP contribution in [0, 0.1) is 13.8 Å². The average Bonchev–Trinajstić information content (AvgIpc) is 2.43. The molecule has 0 aromatic carbocycles. The lowest BCUT2D eigenvalue weighted by molar-refractivity contribution is -0.141. The summed E-state index contributed by atoms with van der Waals surface area (Å²) in [6.07, 6.45) is -4.51. The van der Waals surface area contributed by atoms with E-state index in [2.05, 4.69) is 20.3 Å². The van der Waals surface area contributed by atoms with Gasteiger partial charge in [-0.1, -0.05) is 6.07 Å². The van der Waals surface area contributed by atoms with Crippen molar-refractivity contribution in [2.24, 2.45) is 0 Å².